The summed E-state index contributed by atoms with van der Waals surface area (Å²) in [5.41, 5.74) is 1.05. The topological polar surface area (TPSA) is 79.5 Å². The van der Waals surface area contributed by atoms with Crippen LogP contribution in [0.1, 0.15) is 13.3 Å². The third kappa shape index (κ3) is 2.42. The minimum absolute atomic E-state index is 0.0984. The first-order valence-corrected chi connectivity index (χ1v) is 7.02. The molecule has 0 spiro atoms. The highest BCUT2D eigenvalue weighted by atomic mass is 16.6. The summed E-state index contributed by atoms with van der Waals surface area (Å²) < 4.78 is 0. The summed E-state index contributed by atoms with van der Waals surface area (Å²) in [6.07, 6.45) is 3.68. The minimum atomic E-state index is -0.366. The maximum absolute atomic E-state index is 11.1. The SMILES string of the molecule is CC1CN(c2ccc([N+](=O)[O-])c3ccncc23)CCC1O. The van der Waals surface area contributed by atoms with Gasteiger partial charge in [0.15, 0.2) is 0 Å². The molecular formula is C15H17N3O3. The van der Waals surface area contributed by atoms with Gasteiger partial charge in [0.2, 0.25) is 0 Å². The van der Waals surface area contributed by atoms with Gasteiger partial charge in [0.25, 0.3) is 5.69 Å². The first kappa shape index (κ1) is 13.8. The lowest BCUT2D eigenvalue weighted by Crippen LogP contribution is -2.42. The van der Waals surface area contributed by atoms with Crippen LogP contribution in [0.5, 0.6) is 0 Å². The maximum Gasteiger partial charge on any atom is 0.277 e. The summed E-state index contributed by atoms with van der Waals surface area (Å²) in [7, 11) is 0. The van der Waals surface area contributed by atoms with Crippen molar-refractivity contribution in [2.24, 2.45) is 5.92 Å². The predicted octanol–water partition coefficient (Wildman–Crippen LogP) is 2.35. The molecule has 0 radical (unpaired) electrons. The smallest absolute Gasteiger partial charge is 0.277 e. The summed E-state index contributed by atoms with van der Waals surface area (Å²) in [6, 6.07) is 5.01. The van der Waals surface area contributed by atoms with E-state index in [1.165, 1.54) is 0 Å². The second-order valence-corrected chi connectivity index (χ2v) is 5.56. The molecule has 2 aromatic rings. The highest BCUT2D eigenvalue weighted by Gasteiger charge is 2.26. The quantitative estimate of drug-likeness (QED) is 0.677. The molecular weight excluding hydrogens is 270 g/mol. The standard InChI is InChI=1S/C15H17N3O3/c1-10-9-17(7-5-15(10)19)13-2-3-14(18(20)21)11-4-6-16-8-12(11)13/h2-4,6,8,10,15,19H,5,7,9H2,1H3. The number of piperidine rings is 1. The highest BCUT2D eigenvalue weighted by molar-refractivity contribution is 5.99. The molecule has 2 heterocycles. The van der Waals surface area contributed by atoms with E-state index in [4.69, 9.17) is 0 Å². The molecule has 1 N–H and O–H groups in total. The lowest BCUT2D eigenvalue weighted by Gasteiger charge is -2.36. The second-order valence-electron chi connectivity index (χ2n) is 5.56. The Morgan fingerprint density at radius 2 is 2.19 bits per heavy atom. The van der Waals surface area contributed by atoms with Crippen LogP contribution < -0.4 is 4.90 Å². The lowest BCUT2D eigenvalue weighted by molar-refractivity contribution is -0.383. The molecule has 6 nitrogen and oxygen atoms in total. The van der Waals surface area contributed by atoms with Crippen LogP contribution >= 0.6 is 0 Å². The van der Waals surface area contributed by atoms with Crippen LogP contribution in [-0.4, -0.2) is 34.2 Å². The minimum Gasteiger partial charge on any atom is -0.393 e. The van der Waals surface area contributed by atoms with Gasteiger partial charge in [-0.15, -0.1) is 0 Å². The molecule has 1 aromatic heterocycles. The van der Waals surface area contributed by atoms with E-state index in [1.54, 1.807) is 30.6 Å². The number of nitrogens with zero attached hydrogens (tertiary/aromatic N) is 3. The van der Waals surface area contributed by atoms with Gasteiger partial charge in [-0.3, -0.25) is 15.1 Å². The molecule has 0 saturated carbocycles. The Hall–Kier alpha value is -2.21. The third-order valence-electron chi connectivity index (χ3n) is 4.17. The number of benzene rings is 1. The van der Waals surface area contributed by atoms with E-state index in [0.29, 0.717) is 11.8 Å². The van der Waals surface area contributed by atoms with E-state index < -0.39 is 0 Å². The largest absolute Gasteiger partial charge is 0.393 e. The van der Waals surface area contributed by atoms with Gasteiger partial charge in [0.05, 0.1) is 16.4 Å². The molecule has 1 fully saturated rings. The molecule has 0 aliphatic carbocycles. The molecule has 6 heteroatoms. The molecule has 21 heavy (non-hydrogen) atoms. The number of nitro benzene ring substituents is 1. The van der Waals surface area contributed by atoms with Gasteiger partial charge in [-0.05, 0) is 24.5 Å². The zero-order chi connectivity index (χ0) is 15.0. The molecule has 2 unspecified atom stereocenters. The van der Waals surface area contributed by atoms with Crippen LogP contribution in [0.4, 0.5) is 11.4 Å². The average molecular weight is 287 g/mol. The van der Waals surface area contributed by atoms with E-state index in [2.05, 4.69) is 9.88 Å². The number of non-ortho nitro benzene ring substituents is 1. The van der Waals surface area contributed by atoms with Gasteiger partial charge in [-0.25, -0.2) is 0 Å². The Balaban J connectivity index is 2.08. The van der Waals surface area contributed by atoms with Crippen LogP contribution in [0.2, 0.25) is 0 Å². The molecule has 1 aromatic carbocycles. The Kier molecular flexibility index (Phi) is 3.47. The van der Waals surface area contributed by atoms with Crippen molar-refractivity contribution in [3.8, 4) is 0 Å². The van der Waals surface area contributed by atoms with Gasteiger partial charge >= 0.3 is 0 Å². The van der Waals surface area contributed by atoms with E-state index in [9.17, 15) is 15.2 Å². The highest BCUT2D eigenvalue weighted by Crippen LogP contribution is 2.34. The zero-order valence-electron chi connectivity index (χ0n) is 11.8. The van der Waals surface area contributed by atoms with Crippen LogP contribution in [0, 0.1) is 16.0 Å². The second kappa shape index (κ2) is 5.29. The number of hydrogen-bond acceptors (Lipinski definition) is 5. The maximum atomic E-state index is 11.1. The van der Waals surface area contributed by atoms with Crippen molar-refractivity contribution in [3.05, 3.63) is 40.7 Å². The van der Waals surface area contributed by atoms with E-state index in [1.807, 2.05) is 6.92 Å². The van der Waals surface area contributed by atoms with Crippen molar-refractivity contribution < 1.29 is 10.0 Å². The van der Waals surface area contributed by atoms with Gasteiger partial charge in [0, 0.05) is 42.6 Å². The first-order valence-electron chi connectivity index (χ1n) is 7.02. The van der Waals surface area contributed by atoms with Gasteiger partial charge in [-0.2, -0.15) is 0 Å². The first-order chi connectivity index (χ1) is 10.1. The number of pyridine rings is 1. The molecule has 1 saturated heterocycles. The Morgan fingerprint density at radius 3 is 2.90 bits per heavy atom. The van der Waals surface area contributed by atoms with Crippen LogP contribution in [0.25, 0.3) is 10.8 Å². The van der Waals surface area contributed by atoms with Gasteiger partial charge < -0.3 is 10.0 Å². The fourth-order valence-corrected chi connectivity index (χ4v) is 2.95. The summed E-state index contributed by atoms with van der Waals surface area (Å²) in [5, 5.41) is 22.4. The van der Waals surface area contributed by atoms with Gasteiger partial charge in [0.1, 0.15) is 0 Å². The summed E-state index contributed by atoms with van der Waals surface area (Å²) in [5.74, 6) is 0.181. The fourth-order valence-electron chi connectivity index (χ4n) is 2.95. The summed E-state index contributed by atoms with van der Waals surface area (Å²) >= 11 is 0. The predicted molar refractivity (Wildman–Crippen MR) is 80.4 cm³/mol. The molecule has 0 amide bonds. The monoisotopic (exact) mass is 287 g/mol. The Bertz CT molecular complexity index is 689. The Labute approximate surface area is 122 Å². The van der Waals surface area contributed by atoms with Crippen molar-refractivity contribution >= 4 is 22.1 Å². The molecule has 1 aliphatic heterocycles. The van der Waals surface area contributed by atoms with E-state index in [-0.39, 0.29) is 22.6 Å². The fraction of sp³-hybridized carbons (Fsp3) is 0.400. The van der Waals surface area contributed by atoms with Crippen molar-refractivity contribution in [2.45, 2.75) is 19.4 Å². The summed E-state index contributed by atoms with van der Waals surface area (Å²) in [4.78, 5) is 17.0. The number of anilines is 1. The molecule has 0 bridgehead atoms. The number of aromatic nitrogens is 1. The van der Waals surface area contributed by atoms with Gasteiger partial charge in [-0.1, -0.05) is 6.92 Å². The average Bonchev–Trinajstić information content (AvgIpc) is 2.49. The normalized spacial score (nSPS) is 22.5. The van der Waals surface area contributed by atoms with E-state index in [0.717, 1.165) is 24.2 Å². The van der Waals surface area contributed by atoms with Crippen molar-refractivity contribution in [1.82, 2.24) is 4.98 Å². The number of nitro groups is 1. The third-order valence-corrected chi connectivity index (χ3v) is 4.17. The number of hydrogen-bond donors (Lipinski definition) is 1. The summed E-state index contributed by atoms with van der Waals surface area (Å²) in [6.45, 7) is 3.50. The zero-order valence-corrected chi connectivity index (χ0v) is 11.8. The number of fused-ring (bicyclic) bond motifs is 1. The number of aliphatic hydroxyl groups is 1. The van der Waals surface area contributed by atoms with Crippen LogP contribution in [-0.2, 0) is 0 Å². The molecule has 110 valence electrons. The van der Waals surface area contributed by atoms with Crippen LogP contribution in [0.15, 0.2) is 30.6 Å². The van der Waals surface area contributed by atoms with E-state index >= 15 is 0 Å². The molecule has 3 rings (SSSR count). The molecule has 2 atom stereocenters. The van der Waals surface area contributed by atoms with Crippen LogP contribution in [0.3, 0.4) is 0 Å². The number of rotatable bonds is 2. The Morgan fingerprint density at radius 1 is 1.38 bits per heavy atom. The molecule has 1 aliphatic rings. The van der Waals surface area contributed by atoms with Crippen molar-refractivity contribution in [2.75, 3.05) is 18.0 Å². The lowest BCUT2D eigenvalue weighted by atomic mass is 9.95. The number of aliphatic hydroxyl groups excluding tert-OH is 1. The van der Waals surface area contributed by atoms with Crippen molar-refractivity contribution in [1.29, 1.82) is 0 Å². The van der Waals surface area contributed by atoms with Crippen molar-refractivity contribution in [3.63, 3.8) is 0 Å².